The fourth-order valence-electron chi connectivity index (χ4n) is 4.11. The molecule has 10 heteroatoms. The van der Waals surface area contributed by atoms with Crippen molar-refractivity contribution in [2.45, 2.75) is 12.2 Å². The topological polar surface area (TPSA) is 76.5 Å². The Balaban J connectivity index is 1.79. The summed E-state index contributed by atoms with van der Waals surface area (Å²) in [6, 6.07) is 21.3. The van der Waals surface area contributed by atoms with Gasteiger partial charge in [0, 0.05) is 16.0 Å². The van der Waals surface area contributed by atoms with E-state index >= 15 is 0 Å². The van der Waals surface area contributed by atoms with Crippen LogP contribution in [0.25, 0.3) is 16.9 Å². The maximum Gasteiger partial charge on any atom is 0.263 e. The molecule has 0 bridgehead atoms. The Kier molecular flexibility index (Phi) is 7.43. The molecule has 0 saturated carbocycles. The van der Waals surface area contributed by atoms with E-state index in [1.165, 1.54) is 16.7 Å². The van der Waals surface area contributed by atoms with Crippen LogP contribution >= 0.6 is 34.7 Å². The van der Waals surface area contributed by atoms with Gasteiger partial charge in [-0.3, -0.25) is 19.3 Å². The minimum Gasteiger partial charge on any atom is -0.286 e. The fourth-order valence-corrected chi connectivity index (χ4v) is 6.50. The average molecular weight is 539 g/mol. The van der Waals surface area contributed by atoms with Crippen LogP contribution in [0.3, 0.4) is 0 Å². The molecule has 36 heavy (non-hydrogen) atoms. The van der Waals surface area contributed by atoms with E-state index in [-0.39, 0.29) is 23.5 Å². The van der Waals surface area contributed by atoms with Gasteiger partial charge in [0.25, 0.3) is 5.91 Å². The van der Waals surface area contributed by atoms with E-state index in [9.17, 15) is 9.59 Å². The summed E-state index contributed by atoms with van der Waals surface area (Å²) in [5.74, 6) is 0.112. The lowest BCUT2D eigenvalue weighted by Crippen LogP contribution is -2.42. The summed E-state index contributed by atoms with van der Waals surface area (Å²) in [5.41, 5.74) is 5.54. The van der Waals surface area contributed by atoms with E-state index in [1.54, 1.807) is 29.0 Å². The lowest BCUT2D eigenvalue weighted by molar-refractivity contribution is -0.132. The zero-order valence-electron chi connectivity index (χ0n) is 19.4. The Morgan fingerprint density at radius 3 is 2.64 bits per heavy atom. The first-order valence-corrected chi connectivity index (χ1v) is 13.7. The maximum absolute atomic E-state index is 13.5. The van der Waals surface area contributed by atoms with E-state index in [2.05, 4.69) is 11.5 Å². The summed E-state index contributed by atoms with van der Waals surface area (Å²) in [5, 5.41) is 7.37. The lowest BCUT2D eigenvalue weighted by atomic mass is 10.0. The second-order valence-corrected chi connectivity index (χ2v) is 10.4. The molecule has 3 heterocycles. The second-order valence-electron chi connectivity index (χ2n) is 7.96. The van der Waals surface area contributed by atoms with Crippen LogP contribution < -0.4 is 10.4 Å². The van der Waals surface area contributed by atoms with E-state index < -0.39 is 5.91 Å². The number of carbonyl (C=O) groups is 2. The summed E-state index contributed by atoms with van der Waals surface area (Å²) >= 11 is 9.79. The number of amides is 2. The summed E-state index contributed by atoms with van der Waals surface area (Å²) in [6.07, 6.45) is 0. The molecule has 184 valence electrons. The van der Waals surface area contributed by atoms with Crippen molar-refractivity contribution in [3.8, 4) is 16.9 Å². The minimum atomic E-state index is -0.427. The van der Waals surface area contributed by atoms with E-state index in [0.717, 1.165) is 21.7 Å². The number of anilines is 1. The summed E-state index contributed by atoms with van der Waals surface area (Å²) < 4.78 is 1.69. The third kappa shape index (κ3) is 4.79. The number of hydrogen-bond acceptors (Lipinski definition) is 6. The molecular weight excluding hydrogens is 516 g/mol. The number of benzene rings is 2. The predicted molar refractivity (Wildman–Crippen MR) is 145 cm³/mol. The predicted octanol–water partition coefficient (Wildman–Crippen LogP) is 5.49. The number of aromatic nitrogens is 2. The van der Waals surface area contributed by atoms with Crippen LogP contribution in [-0.4, -0.2) is 40.5 Å². The number of para-hydroxylation sites is 1. The third-order valence-electron chi connectivity index (χ3n) is 5.65. The second kappa shape index (κ2) is 10.9. The van der Waals surface area contributed by atoms with Crippen molar-refractivity contribution in [1.29, 1.82) is 0 Å². The number of hydroxylamine groups is 1. The van der Waals surface area contributed by atoms with E-state index in [1.807, 2.05) is 60.0 Å². The van der Waals surface area contributed by atoms with Crippen LogP contribution in [0.15, 0.2) is 72.1 Å². The van der Waals surface area contributed by atoms with Crippen LogP contribution in [0.5, 0.6) is 0 Å². The first kappa shape index (κ1) is 24.6. The minimum absolute atomic E-state index is 0.157. The zero-order valence-corrected chi connectivity index (χ0v) is 21.8. The fraction of sp³-hybridized carbons (Fsp3) is 0.192. The zero-order chi connectivity index (χ0) is 25.1. The summed E-state index contributed by atoms with van der Waals surface area (Å²) in [4.78, 5) is 34.0. The smallest absolute Gasteiger partial charge is 0.263 e. The van der Waals surface area contributed by atoms with Crippen molar-refractivity contribution in [1.82, 2.24) is 15.3 Å². The number of carbonyl (C=O) groups excluding carboxylic acids is 2. The molecular formula is C26H23ClN4O3S2. The van der Waals surface area contributed by atoms with Gasteiger partial charge < -0.3 is 0 Å². The highest BCUT2D eigenvalue weighted by molar-refractivity contribution is 8.00. The first-order chi connectivity index (χ1) is 17.6. The van der Waals surface area contributed by atoms with Crippen molar-refractivity contribution < 1.29 is 14.4 Å². The Morgan fingerprint density at radius 1 is 1.14 bits per heavy atom. The SMILES string of the molecule is CCONC(=O)CN1C(=O)CSC(c2cccs2)c2c(-c3ccccc3)nn(-c3ccccc3Cl)c21. The number of hydrogen-bond donors (Lipinski definition) is 1. The molecule has 7 nitrogen and oxygen atoms in total. The summed E-state index contributed by atoms with van der Waals surface area (Å²) in [6.45, 7) is 1.88. The number of halogens is 1. The normalized spacial score (nSPS) is 15.4. The standard InChI is InChI=1S/C26H23ClN4O3S2/c1-2-34-29-21(32)15-30-22(33)16-36-25(20-13-8-14-35-20)23-24(17-9-4-3-5-10-17)28-31(26(23)30)19-12-7-6-11-18(19)27/h3-14,25H,2,15-16H2,1H3,(H,29,32). The Bertz CT molecular complexity index is 1380. The highest BCUT2D eigenvalue weighted by Gasteiger charge is 2.38. The number of nitrogens with zero attached hydrogens (tertiary/aromatic N) is 3. The monoisotopic (exact) mass is 538 g/mol. The molecule has 1 atom stereocenters. The Hall–Kier alpha value is -3.11. The molecule has 0 aliphatic carbocycles. The molecule has 0 spiro atoms. The van der Waals surface area contributed by atoms with Gasteiger partial charge >= 0.3 is 0 Å². The largest absolute Gasteiger partial charge is 0.286 e. The van der Waals surface area contributed by atoms with Crippen molar-refractivity contribution in [2.24, 2.45) is 0 Å². The molecule has 0 fully saturated rings. The number of nitrogens with one attached hydrogen (secondary N) is 1. The molecule has 2 aromatic heterocycles. The van der Waals surface area contributed by atoms with Gasteiger partial charge in [0.05, 0.1) is 34.0 Å². The molecule has 1 aliphatic rings. The van der Waals surface area contributed by atoms with E-state index in [0.29, 0.717) is 23.1 Å². The van der Waals surface area contributed by atoms with Gasteiger partial charge in [-0.2, -0.15) is 5.10 Å². The van der Waals surface area contributed by atoms with Gasteiger partial charge in [-0.15, -0.1) is 23.1 Å². The highest BCUT2D eigenvalue weighted by atomic mass is 35.5. The van der Waals surface area contributed by atoms with Gasteiger partial charge in [0.15, 0.2) is 0 Å². The van der Waals surface area contributed by atoms with Crippen LogP contribution in [0, 0.1) is 0 Å². The van der Waals surface area contributed by atoms with Crippen LogP contribution in [0.2, 0.25) is 5.02 Å². The molecule has 1 unspecified atom stereocenters. The average Bonchev–Trinajstić information content (AvgIpc) is 3.53. The van der Waals surface area contributed by atoms with Gasteiger partial charge in [-0.25, -0.2) is 10.2 Å². The van der Waals surface area contributed by atoms with Crippen LogP contribution in [-0.2, 0) is 14.4 Å². The molecule has 4 aromatic rings. The highest BCUT2D eigenvalue weighted by Crippen LogP contribution is 2.49. The molecule has 0 saturated heterocycles. The molecule has 0 radical (unpaired) electrons. The third-order valence-corrected chi connectivity index (χ3v) is 8.29. The van der Waals surface area contributed by atoms with Crippen LogP contribution in [0.1, 0.15) is 22.6 Å². The van der Waals surface area contributed by atoms with Gasteiger partial charge in [-0.05, 0) is 30.5 Å². The van der Waals surface area contributed by atoms with Crippen molar-refractivity contribution >= 4 is 52.3 Å². The number of thiophene rings is 1. The van der Waals surface area contributed by atoms with Gasteiger partial charge in [0.1, 0.15) is 12.4 Å². The Morgan fingerprint density at radius 2 is 1.92 bits per heavy atom. The number of rotatable bonds is 7. The lowest BCUT2D eigenvalue weighted by Gasteiger charge is -2.23. The molecule has 1 N–H and O–H groups in total. The number of fused-ring (bicyclic) bond motifs is 1. The van der Waals surface area contributed by atoms with E-state index in [4.69, 9.17) is 21.5 Å². The van der Waals surface area contributed by atoms with Crippen LogP contribution in [0.4, 0.5) is 5.82 Å². The van der Waals surface area contributed by atoms with Crippen molar-refractivity contribution in [2.75, 3.05) is 23.8 Å². The summed E-state index contributed by atoms with van der Waals surface area (Å²) in [7, 11) is 0. The van der Waals surface area contributed by atoms with Gasteiger partial charge in [-0.1, -0.05) is 60.1 Å². The Labute approximate surface area is 222 Å². The number of thioether (sulfide) groups is 1. The molecule has 2 aromatic carbocycles. The van der Waals surface area contributed by atoms with Crippen molar-refractivity contribution in [3.05, 3.63) is 87.6 Å². The molecule has 5 rings (SSSR count). The first-order valence-electron chi connectivity index (χ1n) is 11.4. The van der Waals surface area contributed by atoms with Gasteiger partial charge in [0.2, 0.25) is 5.91 Å². The maximum atomic E-state index is 13.5. The van der Waals surface area contributed by atoms with Crippen molar-refractivity contribution in [3.63, 3.8) is 0 Å². The molecule has 2 amide bonds. The quantitative estimate of drug-likeness (QED) is 0.315. The molecule has 1 aliphatic heterocycles.